The summed E-state index contributed by atoms with van der Waals surface area (Å²) in [5, 5.41) is 0. The van der Waals surface area contributed by atoms with Crippen molar-refractivity contribution in [3.05, 3.63) is 59.4 Å². The standard InChI is InChI=1S/C25H28N4O2/c1-17-9-10-20(13-18(17)2)28-15-19(14-23(28)30)25-26-21-7-3-4-8-22(21)29(25)16-24(31)27-11-5-6-12-27/h3-4,7-10,13,19H,5-6,11-12,14-16H2,1-2H3. The molecule has 5 rings (SSSR count). The molecule has 0 aliphatic carbocycles. The molecule has 0 saturated carbocycles. The highest BCUT2D eigenvalue weighted by Gasteiger charge is 2.35. The van der Waals surface area contributed by atoms with Gasteiger partial charge in [0.15, 0.2) is 0 Å². The number of fused-ring (bicyclic) bond motifs is 1. The van der Waals surface area contributed by atoms with Crippen LogP contribution < -0.4 is 4.90 Å². The molecule has 6 heteroatoms. The van der Waals surface area contributed by atoms with Gasteiger partial charge in [0.1, 0.15) is 12.4 Å². The monoisotopic (exact) mass is 416 g/mol. The Labute approximate surface area is 182 Å². The van der Waals surface area contributed by atoms with Crippen LogP contribution in [-0.4, -0.2) is 45.9 Å². The van der Waals surface area contributed by atoms with Crippen LogP contribution in [0.2, 0.25) is 0 Å². The van der Waals surface area contributed by atoms with Crippen LogP contribution in [0.5, 0.6) is 0 Å². The highest BCUT2D eigenvalue weighted by Crippen LogP contribution is 2.34. The Morgan fingerprint density at radius 3 is 2.61 bits per heavy atom. The predicted molar refractivity (Wildman–Crippen MR) is 121 cm³/mol. The average Bonchev–Trinajstić information content (AvgIpc) is 3.49. The molecule has 0 bridgehead atoms. The zero-order valence-electron chi connectivity index (χ0n) is 18.2. The molecule has 1 aromatic heterocycles. The summed E-state index contributed by atoms with van der Waals surface area (Å²) in [4.78, 5) is 34.6. The van der Waals surface area contributed by atoms with Crippen molar-refractivity contribution in [1.29, 1.82) is 0 Å². The van der Waals surface area contributed by atoms with Gasteiger partial charge in [-0.05, 0) is 62.1 Å². The number of benzene rings is 2. The van der Waals surface area contributed by atoms with Crippen LogP contribution in [-0.2, 0) is 16.1 Å². The molecule has 2 aromatic carbocycles. The SMILES string of the molecule is Cc1ccc(N2CC(c3nc4ccccc4n3CC(=O)N3CCCC3)CC2=O)cc1C. The van der Waals surface area contributed by atoms with E-state index in [9.17, 15) is 9.59 Å². The van der Waals surface area contributed by atoms with Crippen molar-refractivity contribution >= 4 is 28.5 Å². The van der Waals surface area contributed by atoms with Crippen molar-refractivity contribution in [1.82, 2.24) is 14.5 Å². The third-order valence-corrected chi connectivity index (χ3v) is 6.73. The van der Waals surface area contributed by atoms with E-state index < -0.39 is 0 Å². The number of aryl methyl sites for hydroxylation is 2. The minimum Gasteiger partial charge on any atom is -0.341 e. The van der Waals surface area contributed by atoms with Crippen LogP contribution in [0.3, 0.4) is 0 Å². The number of carbonyl (C=O) groups excluding carboxylic acids is 2. The lowest BCUT2D eigenvalue weighted by Gasteiger charge is -2.20. The Morgan fingerprint density at radius 2 is 1.84 bits per heavy atom. The van der Waals surface area contributed by atoms with E-state index in [4.69, 9.17) is 4.98 Å². The molecule has 1 atom stereocenters. The lowest BCUT2D eigenvalue weighted by molar-refractivity contribution is -0.130. The van der Waals surface area contributed by atoms with E-state index >= 15 is 0 Å². The van der Waals surface area contributed by atoms with Crippen LogP contribution in [0.1, 0.15) is 42.1 Å². The lowest BCUT2D eigenvalue weighted by atomic mass is 10.1. The largest absolute Gasteiger partial charge is 0.341 e. The Hall–Kier alpha value is -3.15. The minimum absolute atomic E-state index is 0.0344. The maximum absolute atomic E-state index is 12.9. The second-order valence-corrected chi connectivity index (χ2v) is 8.81. The third-order valence-electron chi connectivity index (χ3n) is 6.73. The van der Waals surface area contributed by atoms with Gasteiger partial charge in [-0.25, -0.2) is 4.98 Å². The van der Waals surface area contributed by atoms with Crippen LogP contribution in [0.4, 0.5) is 5.69 Å². The first-order chi connectivity index (χ1) is 15.0. The van der Waals surface area contributed by atoms with Crippen molar-refractivity contribution in [2.45, 2.75) is 45.6 Å². The summed E-state index contributed by atoms with van der Waals surface area (Å²) in [5.74, 6) is 1.05. The number of anilines is 1. The number of para-hydroxylation sites is 2. The van der Waals surface area contributed by atoms with Crippen molar-refractivity contribution in [2.24, 2.45) is 0 Å². The van der Waals surface area contributed by atoms with Gasteiger partial charge in [-0.3, -0.25) is 9.59 Å². The molecule has 3 heterocycles. The molecule has 0 radical (unpaired) electrons. The van der Waals surface area contributed by atoms with Crippen LogP contribution in [0.15, 0.2) is 42.5 Å². The quantitative estimate of drug-likeness (QED) is 0.650. The van der Waals surface area contributed by atoms with Gasteiger partial charge >= 0.3 is 0 Å². The number of hydrogen-bond acceptors (Lipinski definition) is 3. The zero-order chi connectivity index (χ0) is 21.5. The van der Waals surface area contributed by atoms with Crippen LogP contribution in [0.25, 0.3) is 11.0 Å². The fraction of sp³-hybridized carbons (Fsp3) is 0.400. The number of likely N-dealkylation sites (tertiary alicyclic amines) is 1. The number of aromatic nitrogens is 2. The van der Waals surface area contributed by atoms with Crippen molar-refractivity contribution in [3.63, 3.8) is 0 Å². The fourth-order valence-electron chi connectivity index (χ4n) is 4.80. The zero-order valence-corrected chi connectivity index (χ0v) is 18.2. The van der Waals surface area contributed by atoms with E-state index in [1.54, 1.807) is 0 Å². The second kappa shape index (κ2) is 7.84. The van der Waals surface area contributed by atoms with E-state index in [-0.39, 0.29) is 24.3 Å². The fourth-order valence-corrected chi connectivity index (χ4v) is 4.80. The molecular formula is C25H28N4O2. The summed E-state index contributed by atoms with van der Waals surface area (Å²) < 4.78 is 2.04. The number of carbonyl (C=O) groups is 2. The molecule has 3 aromatic rings. The molecular weight excluding hydrogens is 388 g/mol. The van der Waals surface area contributed by atoms with E-state index in [2.05, 4.69) is 26.0 Å². The molecule has 2 aliphatic heterocycles. The van der Waals surface area contributed by atoms with Gasteiger partial charge in [0.05, 0.1) is 11.0 Å². The molecule has 31 heavy (non-hydrogen) atoms. The Kier molecular flexibility index (Phi) is 5.00. The Morgan fingerprint density at radius 1 is 1.06 bits per heavy atom. The first-order valence-corrected chi connectivity index (χ1v) is 11.1. The number of hydrogen-bond donors (Lipinski definition) is 0. The summed E-state index contributed by atoms with van der Waals surface area (Å²) in [6.45, 7) is 6.69. The van der Waals surface area contributed by atoms with Gasteiger partial charge in [0.25, 0.3) is 0 Å². The summed E-state index contributed by atoms with van der Waals surface area (Å²) in [5.41, 5.74) is 5.17. The summed E-state index contributed by atoms with van der Waals surface area (Å²) in [7, 11) is 0. The Balaban J connectivity index is 1.47. The highest BCUT2D eigenvalue weighted by molar-refractivity contribution is 5.96. The van der Waals surface area contributed by atoms with Gasteiger partial charge in [-0.1, -0.05) is 18.2 Å². The van der Waals surface area contributed by atoms with E-state index in [0.29, 0.717) is 13.0 Å². The highest BCUT2D eigenvalue weighted by atomic mass is 16.2. The molecule has 0 N–H and O–H groups in total. The van der Waals surface area contributed by atoms with E-state index in [1.165, 1.54) is 11.1 Å². The maximum Gasteiger partial charge on any atom is 0.242 e. The van der Waals surface area contributed by atoms with Gasteiger partial charge in [0.2, 0.25) is 11.8 Å². The predicted octanol–water partition coefficient (Wildman–Crippen LogP) is 3.80. The van der Waals surface area contributed by atoms with Gasteiger partial charge in [-0.2, -0.15) is 0 Å². The first-order valence-electron chi connectivity index (χ1n) is 11.1. The van der Waals surface area contributed by atoms with Crippen molar-refractivity contribution < 1.29 is 9.59 Å². The van der Waals surface area contributed by atoms with Gasteiger partial charge in [0, 0.05) is 37.7 Å². The Bertz CT molecular complexity index is 1160. The minimum atomic E-state index is -0.0344. The molecule has 2 amide bonds. The third kappa shape index (κ3) is 3.60. The smallest absolute Gasteiger partial charge is 0.242 e. The summed E-state index contributed by atoms with van der Waals surface area (Å²) >= 11 is 0. The van der Waals surface area contributed by atoms with Gasteiger partial charge in [-0.15, -0.1) is 0 Å². The number of amides is 2. The van der Waals surface area contributed by atoms with E-state index in [1.807, 2.05) is 44.7 Å². The maximum atomic E-state index is 12.9. The molecule has 2 fully saturated rings. The number of nitrogens with zero attached hydrogens (tertiary/aromatic N) is 4. The normalized spacial score (nSPS) is 19.0. The lowest BCUT2D eigenvalue weighted by Crippen LogP contribution is -2.32. The van der Waals surface area contributed by atoms with Crippen LogP contribution in [0, 0.1) is 13.8 Å². The molecule has 2 aliphatic rings. The molecule has 2 saturated heterocycles. The molecule has 0 spiro atoms. The summed E-state index contributed by atoms with van der Waals surface area (Å²) in [6.07, 6.45) is 2.56. The number of imidazole rings is 1. The van der Waals surface area contributed by atoms with Crippen molar-refractivity contribution in [3.8, 4) is 0 Å². The number of rotatable bonds is 4. The molecule has 1 unspecified atom stereocenters. The summed E-state index contributed by atoms with van der Waals surface area (Å²) in [6, 6.07) is 14.1. The first kappa shape index (κ1) is 19.8. The van der Waals surface area contributed by atoms with Crippen LogP contribution >= 0.6 is 0 Å². The topological polar surface area (TPSA) is 58.4 Å². The van der Waals surface area contributed by atoms with Crippen molar-refractivity contribution in [2.75, 3.05) is 24.5 Å². The molecule has 6 nitrogen and oxygen atoms in total. The second-order valence-electron chi connectivity index (χ2n) is 8.81. The van der Waals surface area contributed by atoms with Gasteiger partial charge < -0.3 is 14.4 Å². The van der Waals surface area contributed by atoms with E-state index in [0.717, 1.165) is 48.5 Å². The average molecular weight is 417 g/mol. The molecule has 160 valence electrons.